The van der Waals surface area contributed by atoms with Crippen molar-refractivity contribution in [3.05, 3.63) is 71.4 Å². The number of ether oxygens (including phenoxy) is 1. The Labute approximate surface area is 178 Å². The largest absolute Gasteiger partial charge is 0.469 e. The Bertz CT molecular complexity index is 1020. The van der Waals surface area contributed by atoms with E-state index in [9.17, 15) is 4.79 Å². The zero-order valence-electron chi connectivity index (χ0n) is 18.0. The minimum Gasteiger partial charge on any atom is -0.469 e. The van der Waals surface area contributed by atoms with Gasteiger partial charge in [0, 0.05) is 23.9 Å². The quantitative estimate of drug-likeness (QED) is 0.587. The van der Waals surface area contributed by atoms with Crippen molar-refractivity contribution in [1.29, 1.82) is 0 Å². The predicted molar refractivity (Wildman–Crippen MR) is 118 cm³/mol. The van der Waals surface area contributed by atoms with E-state index in [4.69, 9.17) is 9.84 Å². The van der Waals surface area contributed by atoms with Crippen LogP contribution in [0.25, 0.3) is 16.9 Å². The van der Waals surface area contributed by atoms with E-state index in [-0.39, 0.29) is 11.9 Å². The van der Waals surface area contributed by atoms with Crippen LogP contribution in [0.5, 0.6) is 0 Å². The first kappa shape index (κ1) is 20.4. The molecule has 5 heteroatoms. The predicted octanol–water partition coefficient (Wildman–Crippen LogP) is 4.54. The molecule has 0 amide bonds. The van der Waals surface area contributed by atoms with Crippen LogP contribution in [0.3, 0.4) is 0 Å². The molecule has 0 saturated carbocycles. The van der Waals surface area contributed by atoms with Gasteiger partial charge in [0.2, 0.25) is 0 Å². The molecular formula is C25H29N3O2. The number of carbonyl (C=O) groups is 1. The Kier molecular flexibility index (Phi) is 6.00. The van der Waals surface area contributed by atoms with Gasteiger partial charge in [-0.25, -0.2) is 4.68 Å². The molecule has 156 valence electrons. The average Bonchev–Trinajstić information content (AvgIpc) is 3.19. The van der Waals surface area contributed by atoms with Gasteiger partial charge < -0.3 is 4.74 Å². The molecule has 2 heterocycles. The van der Waals surface area contributed by atoms with Crippen LogP contribution in [0.2, 0.25) is 0 Å². The molecule has 0 aliphatic carbocycles. The van der Waals surface area contributed by atoms with E-state index in [1.165, 1.54) is 23.8 Å². The van der Waals surface area contributed by atoms with E-state index < -0.39 is 0 Å². The van der Waals surface area contributed by atoms with Crippen LogP contribution in [0.1, 0.15) is 29.5 Å². The number of methoxy groups -OCH3 is 1. The molecule has 0 radical (unpaired) electrons. The number of esters is 1. The molecule has 0 unspecified atom stereocenters. The second kappa shape index (κ2) is 8.84. The lowest BCUT2D eigenvalue weighted by atomic mass is 9.96. The van der Waals surface area contributed by atoms with Crippen molar-refractivity contribution >= 4 is 5.97 Å². The Hall–Kier alpha value is -2.92. The lowest BCUT2D eigenvalue weighted by molar-refractivity contribution is -0.147. The second-order valence-electron chi connectivity index (χ2n) is 8.18. The maximum absolute atomic E-state index is 11.8. The smallest absolute Gasteiger partial charge is 0.308 e. The molecule has 1 aliphatic rings. The van der Waals surface area contributed by atoms with Crippen LogP contribution in [0.15, 0.2) is 54.7 Å². The van der Waals surface area contributed by atoms with Crippen molar-refractivity contribution in [1.82, 2.24) is 14.7 Å². The van der Waals surface area contributed by atoms with Gasteiger partial charge in [-0.3, -0.25) is 9.69 Å². The number of benzene rings is 2. The minimum atomic E-state index is -0.0811. The molecule has 0 bridgehead atoms. The summed E-state index contributed by atoms with van der Waals surface area (Å²) >= 11 is 0. The van der Waals surface area contributed by atoms with Crippen molar-refractivity contribution in [2.75, 3.05) is 20.2 Å². The number of piperidine rings is 1. The van der Waals surface area contributed by atoms with E-state index in [2.05, 4.69) is 67.4 Å². The van der Waals surface area contributed by atoms with Crippen LogP contribution in [-0.4, -0.2) is 40.8 Å². The molecule has 3 aromatic rings. The number of hydrogen-bond acceptors (Lipinski definition) is 4. The molecule has 30 heavy (non-hydrogen) atoms. The minimum absolute atomic E-state index is 0.0255. The van der Waals surface area contributed by atoms with Gasteiger partial charge in [-0.05, 0) is 57.0 Å². The summed E-state index contributed by atoms with van der Waals surface area (Å²) in [7, 11) is 1.47. The van der Waals surface area contributed by atoms with Crippen LogP contribution < -0.4 is 0 Å². The number of rotatable bonds is 5. The Morgan fingerprint density at radius 2 is 1.83 bits per heavy atom. The van der Waals surface area contributed by atoms with Gasteiger partial charge >= 0.3 is 5.97 Å². The first-order valence-electron chi connectivity index (χ1n) is 10.6. The molecule has 1 aliphatic heterocycles. The van der Waals surface area contributed by atoms with Gasteiger partial charge in [0.25, 0.3) is 0 Å². The third-order valence-corrected chi connectivity index (χ3v) is 5.96. The lowest BCUT2D eigenvalue weighted by Gasteiger charge is -2.30. The number of likely N-dealkylation sites (tertiary alicyclic amines) is 1. The fraction of sp³-hybridized carbons (Fsp3) is 0.360. The van der Waals surface area contributed by atoms with Crippen molar-refractivity contribution in [2.24, 2.45) is 5.92 Å². The Morgan fingerprint density at radius 3 is 2.53 bits per heavy atom. The third kappa shape index (κ3) is 4.31. The fourth-order valence-corrected chi connectivity index (χ4v) is 4.19. The van der Waals surface area contributed by atoms with E-state index in [0.29, 0.717) is 0 Å². The Balaban J connectivity index is 1.63. The van der Waals surface area contributed by atoms with Gasteiger partial charge in [0.1, 0.15) is 0 Å². The molecule has 0 N–H and O–H groups in total. The average molecular weight is 404 g/mol. The molecule has 4 rings (SSSR count). The number of aryl methyl sites for hydroxylation is 2. The zero-order valence-corrected chi connectivity index (χ0v) is 18.0. The maximum Gasteiger partial charge on any atom is 0.308 e. The molecule has 1 saturated heterocycles. The molecular weight excluding hydrogens is 374 g/mol. The van der Waals surface area contributed by atoms with Crippen LogP contribution in [0, 0.1) is 19.8 Å². The van der Waals surface area contributed by atoms with Crippen LogP contribution in [0.4, 0.5) is 0 Å². The lowest BCUT2D eigenvalue weighted by Crippen LogP contribution is -2.36. The summed E-state index contributed by atoms with van der Waals surface area (Å²) in [5.41, 5.74) is 6.89. The van der Waals surface area contributed by atoms with Gasteiger partial charge in [0.15, 0.2) is 0 Å². The monoisotopic (exact) mass is 403 g/mol. The molecule has 2 aromatic carbocycles. The van der Waals surface area contributed by atoms with E-state index >= 15 is 0 Å². The first-order valence-corrected chi connectivity index (χ1v) is 10.6. The molecule has 1 aromatic heterocycles. The zero-order chi connectivity index (χ0) is 21.1. The summed E-state index contributed by atoms with van der Waals surface area (Å²) in [5, 5.41) is 4.99. The molecule has 1 fully saturated rings. The molecule has 0 atom stereocenters. The number of nitrogens with zero attached hydrogens (tertiary/aromatic N) is 3. The number of hydrogen-bond donors (Lipinski definition) is 0. The van der Waals surface area contributed by atoms with Crippen molar-refractivity contribution in [3.8, 4) is 16.9 Å². The van der Waals surface area contributed by atoms with Gasteiger partial charge in [0.05, 0.1) is 24.4 Å². The van der Waals surface area contributed by atoms with Gasteiger partial charge in [-0.15, -0.1) is 0 Å². The highest BCUT2D eigenvalue weighted by molar-refractivity contribution is 5.72. The van der Waals surface area contributed by atoms with Crippen LogP contribution >= 0.6 is 0 Å². The number of carbonyl (C=O) groups excluding carboxylic acids is 1. The van der Waals surface area contributed by atoms with Gasteiger partial charge in [-0.1, -0.05) is 42.5 Å². The van der Waals surface area contributed by atoms with E-state index in [0.717, 1.165) is 49.4 Å². The molecule has 0 spiro atoms. The highest BCUT2D eigenvalue weighted by atomic mass is 16.5. The highest BCUT2D eigenvalue weighted by Gasteiger charge is 2.26. The third-order valence-electron chi connectivity index (χ3n) is 5.96. The summed E-state index contributed by atoms with van der Waals surface area (Å²) in [4.78, 5) is 14.2. The summed E-state index contributed by atoms with van der Waals surface area (Å²) in [6.45, 7) is 6.83. The summed E-state index contributed by atoms with van der Waals surface area (Å²) in [5.74, 6) is -0.0557. The summed E-state index contributed by atoms with van der Waals surface area (Å²) in [6, 6.07) is 16.8. The highest BCUT2D eigenvalue weighted by Crippen LogP contribution is 2.28. The topological polar surface area (TPSA) is 47.4 Å². The van der Waals surface area contributed by atoms with Crippen molar-refractivity contribution in [2.45, 2.75) is 33.2 Å². The standard InChI is InChI=1S/C25H29N3O2/c1-18-9-10-19(2)23(15-18)28-17-22(24(26-28)20-7-5-4-6-8-20)16-27-13-11-21(12-14-27)25(29)30-3/h4-10,15,17,21H,11-14,16H2,1-3H3. The van der Waals surface area contributed by atoms with E-state index in [1.54, 1.807) is 0 Å². The maximum atomic E-state index is 11.8. The fourth-order valence-electron chi connectivity index (χ4n) is 4.19. The van der Waals surface area contributed by atoms with Crippen molar-refractivity contribution in [3.63, 3.8) is 0 Å². The Morgan fingerprint density at radius 1 is 1.10 bits per heavy atom. The normalized spacial score (nSPS) is 15.3. The summed E-state index contributed by atoms with van der Waals surface area (Å²) < 4.78 is 6.94. The summed E-state index contributed by atoms with van der Waals surface area (Å²) in [6.07, 6.45) is 3.85. The van der Waals surface area contributed by atoms with Crippen molar-refractivity contribution < 1.29 is 9.53 Å². The second-order valence-corrected chi connectivity index (χ2v) is 8.18. The first-order chi connectivity index (χ1) is 14.5. The number of aromatic nitrogens is 2. The van der Waals surface area contributed by atoms with Crippen LogP contribution in [-0.2, 0) is 16.1 Å². The molecule has 5 nitrogen and oxygen atoms in total. The van der Waals surface area contributed by atoms with Gasteiger partial charge in [-0.2, -0.15) is 5.10 Å². The SMILES string of the molecule is COC(=O)C1CCN(Cc2cn(-c3cc(C)ccc3C)nc2-c2ccccc2)CC1. The van der Waals surface area contributed by atoms with E-state index in [1.807, 2.05) is 10.7 Å².